The first-order chi connectivity index (χ1) is 21.8. The van der Waals surface area contributed by atoms with Crippen molar-refractivity contribution in [3.63, 3.8) is 0 Å². The lowest BCUT2D eigenvalue weighted by Crippen LogP contribution is -2.25. The summed E-state index contributed by atoms with van der Waals surface area (Å²) in [6.45, 7) is 10.5. The number of nitrogens with two attached hydrogens (primary N) is 1. The summed E-state index contributed by atoms with van der Waals surface area (Å²) in [5, 5.41) is 4.70. The van der Waals surface area contributed by atoms with Crippen molar-refractivity contribution in [3.05, 3.63) is 72.2 Å². The van der Waals surface area contributed by atoms with Crippen molar-refractivity contribution < 1.29 is 28.1 Å². The zero-order chi connectivity index (χ0) is 32.3. The molecule has 9 nitrogen and oxygen atoms in total. The normalized spacial score (nSPS) is 11.1. The molecule has 0 radical (unpaired) electrons. The first-order valence-electron chi connectivity index (χ1n) is 15.4. The Hall–Kier alpha value is -4.57. The molecule has 1 aromatic heterocycles. The molecule has 0 aliphatic carbocycles. The summed E-state index contributed by atoms with van der Waals surface area (Å²) in [4.78, 5) is 15.1. The second-order valence-electron chi connectivity index (χ2n) is 10.6. The van der Waals surface area contributed by atoms with Crippen molar-refractivity contribution in [2.45, 2.75) is 40.0 Å². The average molecular weight is 619 g/mol. The largest absolute Gasteiger partial charge is 0.494 e. The second kappa shape index (κ2) is 15.9. The third-order valence-electron chi connectivity index (χ3n) is 7.53. The van der Waals surface area contributed by atoms with Gasteiger partial charge in [0, 0.05) is 42.4 Å². The lowest BCUT2D eigenvalue weighted by molar-refractivity contribution is 0.0992. The number of ether oxygens (including phenoxy) is 4. The van der Waals surface area contributed by atoms with E-state index >= 15 is 0 Å². The van der Waals surface area contributed by atoms with E-state index in [4.69, 9.17) is 29.8 Å². The maximum absolute atomic E-state index is 14.2. The summed E-state index contributed by atoms with van der Waals surface area (Å²) in [6, 6.07) is 17.2. The van der Waals surface area contributed by atoms with Gasteiger partial charge in [0.05, 0.1) is 20.3 Å². The summed E-state index contributed by atoms with van der Waals surface area (Å²) >= 11 is 0. The van der Waals surface area contributed by atoms with Crippen LogP contribution in [0.1, 0.15) is 50.5 Å². The van der Waals surface area contributed by atoms with Crippen LogP contribution < -0.4 is 24.7 Å². The number of aromatic nitrogens is 2. The fraction of sp³-hybridized carbons (Fsp3) is 0.371. The molecule has 3 aromatic carbocycles. The number of hydrogen-bond donors (Lipinski definition) is 1. The minimum atomic E-state index is -0.607. The lowest BCUT2D eigenvalue weighted by atomic mass is 9.97. The topological polar surface area (TPSA) is 101 Å². The molecule has 4 rings (SSSR count). The molecule has 1 amide bonds. The molecule has 1 heterocycles. The number of amides is 1. The number of carbonyl (C=O) groups excluding carboxylic acids is 1. The van der Waals surface area contributed by atoms with Crippen LogP contribution in [0.2, 0.25) is 0 Å². The van der Waals surface area contributed by atoms with Gasteiger partial charge in [0.15, 0.2) is 11.6 Å². The second-order valence-corrected chi connectivity index (χ2v) is 10.6. The van der Waals surface area contributed by atoms with E-state index in [1.807, 2.05) is 30.3 Å². The van der Waals surface area contributed by atoms with E-state index in [9.17, 15) is 9.18 Å². The zero-order valence-electron chi connectivity index (χ0n) is 26.8. The van der Waals surface area contributed by atoms with Crippen LogP contribution in [0.3, 0.4) is 0 Å². The minimum absolute atomic E-state index is 0.138. The Balaban J connectivity index is 1.66. The lowest BCUT2D eigenvalue weighted by Gasteiger charge is -2.18. The predicted molar refractivity (Wildman–Crippen MR) is 174 cm³/mol. The number of halogens is 1. The quantitative estimate of drug-likeness (QED) is 0.126. The van der Waals surface area contributed by atoms with Gasteiger partial charge in [-0.3, -0.25) is 9.48 Å². The third kappa shape index (κ3) is 8.33. The molecule has 240 valence electrons. The van der Waals surface area contributed by atoms with E-state index in [-0.39, 0.29) is 11.4 Å². The van der Waals surface area contributed by atoms with Gasteiger partial charge in [-0.2, -0.15) is 5.10 Å². The third-order valence-corrected chi connectivity index (χ3v) is 7.53. The Bertz CT molecular complexity index is 1570. The number of unbranched alkanes of at least 4 members (excludes halogenated alkanes) is 1. The molecular formula is C35H43FN4O5. The first kappa shape index (κ1) is 33.3. The highest BCUT2D eigenvalue weighted by atomic mass is 19.1. The van der Waals surface area contributed by atoms with Crippen LogP contribution in [-0.4, -0.2) is 60.5 Å². The van der Waals surface area contributed by atoms with E-state index in [0.717, 1.165) is 44.5 Å². The van der Waals surface area contributed by atoms with Gasteiger partial charge in [-0.15, -0.1) is 0 Å². The van der Waals surface area contributed by atoms with E-state index in [2.05, 4.69) is 25.7 Å². The number of nitrogens with zero attached hydrogens (tertiary/aromatic N) is 3. The monoisotopic (exact) mass is 618 g/mol. The molecule has 0 saturated heterocycles. The van der Waals surface area contributed by atoms with Crippen molar-refractivity contribution >= 4 is 5.91 Å². The molecule has 4 aromatic rings. The first-order valence-corrected chi connectivity index (χ1v) is 15.4. The highest BCUT2D eigenvalue weighted by Crippen LogP contribution is 2.41. The molecule has 0 aliphatic heterocycles. The summed E-state index contributed by atoms with van der Waals surface area (Å²) in [6.07, 6.45) is 2.75. The van der Waals surface area contributed by atoms with E-state index < -0.39 is 11.7 Å². The van der Waals surface area contributed by atoms with Gasteiger partial charge < -0.3 is 29.6 Å². The van der Waals surface area contributed by atoms with E-state index in [1.165, 1.54) is 23.9 Å². The number of aryl methyl sites for hydroxylation is 1. The van der Waals surface area contributed by atoms with Gasteiger partial charge in [-0.25, -0.2) is 4.39 Å². The van der Waals surface area contributed by atoms with Crippen molar-refractivity contribution in [2.75, 3.05) is 40.0 Å². The molecule has 0 atom stereocenters. The van der Waals surface area contributed by atoms with Gasteiger partial charge >= 0.3 is 0 Å². The zero-order valence-corrected chi connectivity index (χ0v) is 26.8. The maximum Gasteiger partial charge on any atom is 0.267 e. The molecule has 0 spiro atoms. The number of methoxy groups -OCH3 is 1. The number of carbonyl (C=O) groups is 1. The number of benzene rings is 3. The van der Waals surface area contributed by atoms with Crippen LogP contribution >= 0.6 is 0 Å². The van der Waals surface area contributed by atoms with Gasteiger partial charge in [-0.05, 0) is 74.5 Å². The Morgan fingerprint density at radius 2 is 1.58 bits per heavy atom. The van der Waals surface area contributed by atoms with Crippen molar-refractivity contribution in [3.8, 4) is 51.1 Å². The maximum atomic E-state index is 14.2. The summed E-state index contributed by atoms with van der Waals surface area (Å²) in [7, 11) is 3.10. The number of rotatable bonds is 17. The average Bonchev–Trinajstić information content (AvgIpc) is 3.38. The van der Waals surface area contributed by atoms with Crippen molar-refractivity contribution in [1.29, 1.82) is 0 Å². The van der Waals surface area contributed by atoms with Crippen LogP contribution in [0, 0.1) is 5.82 Å². The van der Waals surface area contributed by atoms with Crippen LogP contribution in [0.15, 0.2) is 60.7 Å². The molecule has 0 fully saturated rings. The van der Waals surface area contributed by atoms with Gasteiger partial charge in [0.25, 0.3) is 5.91 Å². The smallest absolute Gasteiger partial charge is 0.267 e. The summed E-state index contributed by atoms with van der Waals surface area (Å²) in [5.74, 6) is 1.12. The molecule has 2 N–H and O–H groups in total. The minimum Gasteiger partial charge on any atom is -0.494 e. The van der Waals surface area contributed by atoms with Crippen molar-refractivity contribution in [1.82, 2.24) is 14.7 Å². The molecular weight excluding hydrogens is 575 g/mol. The highest BCUT2D eigenvalue weighted by Gasteiger charge is 2.26. The molecule has 0 unspecified atom stereocenters. The Labute approximate surface area is 264 Å². The Morgan fingerprint density at radius 3 is 2.22 bits per heavy atom. The fourth-order valence-corrected chi connectivity index (χ4v) is 5.05. The fourth-order valence-electron chi connectivity index (χ4n) is 5.05. The number of hydrogen-bond acceptors (Lipinski definition) is 7. The molecule has 0 aliphatic rings. The predicted octanol–water partition coefficient (Wildman–Crippen LogP) is 7.08. The van der Waals surface area contributed by atoms with E-state index in [0.29, 0.717) is 53.0 Å². The number of primary amides is 1. The summed E-state index contributed by atoms with van der Waals surface area (Å²) in [5.41, 5.74) is 8.69. The van der Waals surface area contributed by atoms with Crippen LogP contribution in [-0.2, 0) is 7.05 Å². The van der Waals surface area contributed by atoms with Gasteiger partial charge in [0.2, 0.25) is 0 Å². The van der Waals surface area contributed by atoms with Crippen LogP contribution in [0.5, 0.6) is 28.7 Å². The molecule has 10 heteroatoms. The van der Waals surface area contributed by atoms with Gasteiger partial charge in [-0.1, -0.05) is 27.2 Å². The highest BCUT2D eigenvalue weighted by molar-refractivity contribution is 6.03. The van der Waals surface area contributed by atoms with Crippen molar-refractivity contribution in [2.24, 2.45) is 12.8 Å². The molecule has 0 bridgehead atoms. The Morgan fingerprint density at radius 1 is 0.889 bits per heavy atom. The summed E-state index contributed by atoms with van der Waals surface area (Å²) < 4.78 is 38.9. The van der Waals surface area contributed by atoms with Crippen LogP contribution in [0.4, 0.5) is 4.39 Å². The van der Waals surface area contributed by atoms with Crippen LogP contribution in [0.25, 0.3) is 22.4 Å². The molecule has 0 saturated carbocycles. The standard InChI is InChI=1S/C35H43FN4O5/c1-6-9-20-44-31-23-26(43-21-10-19-40(7-2)8-3)15-17-28(31)32-33(38-39(4)34(32)35(37)41)24-11-13-25(14-12-24)45-27-16-18-30(42-5)29(36)22-27/h11-18,22-23H,6-10,19-21H2,1-5H3,(H2,37,41). The van der Waals surface area contributed by atoms with Gasteiger partial charge in [0.1, 0.15) is 34.4 Å². The SMILES string of the molecule is CCCCOc1cc(OCCCN(CC)CC)ccc1-c1c(-c2ccc(Oc3ccc(OC)c(F)c3)cc2)nn(C)c1C(N)=O. The Kier molecular flexibility index (Phi) is 11.8. The van der Waals surface area contributed by atoms with E-state index in [1.54, 1.807) is 25.2 Å². The molecule has 45 heavy (non-hydrogen) atoms.